The van der Waals surface area contributed by atoms with Gasteiger partial charge in [-0.15, -0.1) is 0 Å². The fraction of sp³-hybridized carbons (Fsp3) is 0.462. The van der Waals surface area contributed by atoms with E-state index in [1.165, 1.54) is 25.7 Å². The molecule has 0 atom stereocenters. The lowest BCUT2D eigenvalue weighted by Gasteiger charge is -2.23. The van der Waals surface area contributed by atoms with Crippen molar-refractivity contribution < 1.29 is 0 Å². The third kappa shape index (κ3) is 3.96. The van der Waals surface area contributed by atoms with Crippen LogP contribution in [-0.4, -0.2) is 23.1 Å². The predicted molar refractivity (Wildman–Crippen MR) is 80.4 cm³/mol. The lowest BCUT2D eigenvalue weighted by molar-refractivity contribution is 0.441. The molecule has 0 amide bonds. The van der Waals surface area contributed by atoms with Crippen LogP contribution in [0.4, 0.5) is 5.69 Å². The Labute approximate surface area is 117 Å². The quantitative estimate of drug-likeness (QED) is 0.788. The van der Waals surface area contributed by atoms with Crippen LogP contribution in [0.25, 0.3) is 0 Å². The van der Waals surface area contributed by atoms with Crippen molar-refractivity contribution in [2.24, 2.45) is 0 Å². The molecule has 1 N–H and O–H groups in total. The SMILES string of the molecule is S=C(Nc1cccc(Br)c1)N1CCCCCC1. The van der Waals surface area contributed by atoms with E-state index in [1.807, 2.05) is 24.3 Å². The Hall–Kier alpha value is -0.610. The Morgan fingerprint density at radius 3 is 2.53 bits per heavy atom. The number of anilines is 1. The standard InChI is InChI=1S/C13H17BrN2S/c14-11-6-5-7-12(10-11)15-13(17)16-8-3-1-2-4-9-16/h5-7,10H,1-4,8-9H2,(H,15,17). The zero-order valence-corrected chi connectivity index (χ0v) is 12.2. The van der Waals surface area contributed by atoms with Crippen molar-refractivity contribution in [3.8, 4) is 0 Å². The molecule has 0 aliphatic carbocycles. The van der Waals surface area contributed by atoms with Crippen LogP contribution in [0.1, 0.15) is 25.7 Å². The Balaban J connectivity index is 1.95. The van der Waals surface area contributed by atoms with E-state index in [9.17, 15) is 0 Å². The van der Waals surface area contributed by atoms with Gasteiger partial charge in [-0.05, 0) is 43.3 Å². The summed E-state index contributed by atoms with van der Waals surface area (Å²) in [5.41, 5.74) is 1.05. The van der Waals surface area contributed by atoms with Crippen LogP contribution in [0.3, 0.4) is 0 Å². The smallest absolute Gasteiger partial charge is 0.173 e. The zero-order valence-electron chi connectivity index (χ0n) is 9.79. The van der Waals surface area contributed by atoms with E-state index < -0.39 is 0 Å². The van der Waals surface area contributed by atoms with E-state index in [-0.39, 0.29) is 0 Å². The Morgan fingerprint density at radius 2 is 1.88 bits per heavy atom. The molecule has 0 unspecified atom stereocenters. The molecule has 1 heterocycles. The van der Waals surface area contributed by atoms with Crippen molar-refractivity contribution in [3.05, 3.63) is 28.7 Å². The highest BCUT2D eigenvalue weighted by atomic mass is 79.9. The monoisotopic (exact) mass is 312 g/mol. The maximum atomic E-state index is 5.46. The van der Waals surface area contributed by atoms with Crippen molar-refractivity contribution in [2.75, 3.05) is 18.4 Å². The molecule has 0 radical (unpaired) electrons. The molecule has 92 valence electrons. The summed E-state index contributed by atoms with van der Waals surface area (Å²) in [4.78, 5) is 2.28. The molecule has 0 spiro atoms. The summed E-state index contributed by atoms with van der Waals surface area (Å²) in [6, 6.07) is 8.11. The normalized spacial score (nSPS) is 16.4. The summed E-state index contributed by atoms with van der Waals surface area (Å²) in [6.07, 6.45) is 5.16. The van der Waals surface area contributed by atoms with Crippen LogP contribution in [0, 0.1) is 0 Å². The number of rotatable bonds is 1. The molecule has 2 rings (SSSR count). The summed E-state index contributed by atoms with van der Waals surface area (Å²) < 4.78 is 1.07. The first-order valence-electron chi connectivity index (χ1n) is 6.07. The van der Waals surface area contributed by atoms with Crippen molar-refractivity contribution in [1.82, 2.24) is 4.90 Å². The summed E-state index contributed by atoms with van der Waals surface area (Å²) in [5, 5.41) is 4.16. The number of benzene rings is 1. The average Bonchev–Trinajstić information content (AvgIpc) is 2.57. The molecule has 0 bridgehead atoms. The highest BCUT2D eigenvalue weighted by Crippen LogP contribution is 2.17. The van der Waals surface area contributed by atoms with E-state index in [4.69, 9.17) is 12.2 Å². The Kier molecular flexibility index (Phi) is 4.80. The highest BCUT2D eigenvalue weighted by Gasteiger charge is 2.12. The van der Waals surface area contributed by atoms with Crippen molar-refractivity contribution >= 4 is 38.9 Å². The lowest BCUT2D eigenvalue weighted by Crippen LogP contribution is -2.35. The minimum Gasteiger partial charge on any atom is -0.349 e. The Bertz CT molecular complexity index is 387. The van der Waals surface area contributed by atoms with Gasteiger partial charge in [0.15, 0.2) is 5.11 Å². The van der Waals surface area contributed by atoms with Gasteiger partial charge in [-0.3, -0.25) is 0 Å². The molecular weight excluding hydrogens is 296 g/mol. The van der Waals surface area contributed by atoms with E-state index in [1.54, 1.807) is 0 Å². The van der Waals surface area contributed by atoms with Gasteiger partial charge in [0, 0.05) is 23.2 Å². The molecule has 1 aliphatic rings. The Morgan fingerprint density at radius 1 is 1.18 bits per heavy atom. The molecule has 1 aromatic rings. The second-order valence-electron chi connectivity index (χ2n) is 4.34. The van der Waals surface area contributed by atoms with Gasteiger partial charge < -0.3 is 10.2 Å². The van der Waals surface area contributed by atoms with Crippen molar-refractivity contribution in [3.63, 3.8) is 0 Å². The topological polar surface area (TPSA) is 15.3 Å². The summed E-state index contributed by atoms with van der Waals surface area (Å²) in [6.45, 7) is 2.17. The first-order valence-corrected chi connectivity index (χ1v) is 7.27. The first kappa shape index (κ1) is 12.8. The number of halogens is 1. The van der Waals surface area contributed by atoms with Crippen LogP contribution in [0.2, 0.25) is 0 Å². The molecule has 0 aromatic heterocycles. The molecule has 4 heteroatoms. The van der Waals surface area contributed by atoms with Gasteiger partial charge in [0.1, 0.15) is 0 Å². The highest BCUT2D eigenvalue weighted by molar-refractivity contribution is 9.10. The van der Waals surface area contributed by atoms with Gasteiger partial charge in [-0.2, -0.15) is 0 Å². The second-order valence-corrected chi connectivity index (χ2v) is 5.64. The molecule has 1 saturated heterocycles. The van der Waals surface area contributed by atoms with Crippen molar-refractivity contribution in [2.45, 2.75) is 25.7 Å². The minimum atomic E-state index is 0.852. The maximum Gasteiger partial charge on any atom is 0.173 e. The minimum absolute atomic E-state index is 0.852. The van der Waals surface area contributed by atoms with Crippen LogP contribution in [0.5, 0.6) is 0 Å². The van der Waals surface area contributed by atoms with E-state index in [0.717, 1.165) is 28.4 Å². The molecular formula is C13H17BrN2S. The zero-order chi connectivity index (χ0) is 12.1. The number of likely N-dealkylation sites (tertiary alicyclic amines) is 1. The number of hydrogen-bond donors (Lipinski definition) is 1. The number of hydrogen-bond acceptors (Lipinski definition) is 1. The van der Waals surface area contributed by atoms with Gasteiger partial charge in [0.2, 0.25) is 0 Å². The summed E-state index contributed by atoms with van der Waals surface area (Å²) >= 11 is 8.92. The summed E-state index contributed by atoms with van der Waals surface area (Å²) in [5.74, 6) is 0. The average molecular weight is 313 g/mol. The second kappa shape index (κ2) is 6.36. The van der Waals surface area contributed by atoms with E-state index in [0.29, 0.717) is 0 Å². The van der Waals surface area contributed by atoms with Crippen LogP contribution in [-0.2, 0) is 0 Å². The molecule has 17 heavy (non-hydrogen) atoms. The molecule has 1 aromatic carbocycles. The van der Waals surface area contributed by atoms with Gasteiger partial charge >= 0.3 is 0 Å². The van der Waals surface area contributed by atoms with Gasteiger partial charge in [-0.25, -0.2) is 0 Å². The third-order valence-corrected chi connectivity index (χ3v) is 3.82. The van der Waals surface area contributed by atoms with Crippen molar-refractivity contribution in [1.29, 1.82) is 0 Å². The molecule has 1 aliphatic heterocycles. The van der Waals surface area contributed by atoms with Crippen LogP contribution >= 0.6 is 28.1 Å². The summed E-state index contributed by atoms with van der Waals surface area (Å²) in [7, 11) is 0. The fourth-order valence-corrected chi connectivity index (χ4v) is 2.74. The number of thiocarbonyl (C=S) groups is 1. The van der Waals surface area contributed by atoms with Crippen LogP contribution < -0.4 is 5.32 Å². The number of nitrogens with one attached hydrogen (secondary N) is 1. The van der Waals surface area contributed by atoms with E-state index in [2.05, 4.69) is 26.1 Å². The van der Waals surface area contributed by atoms with Gasteiger partial charge in [0.05, 0.1) is 0 Å². The van der Waals surface area contributed by atoms with Gasteiger partial charge in [0.25, 0.3) is 0 Å². The molecule has 1 fully saturated rings. The lowest BCUT2D eigenvalue weighted by atomic mass is 10.2. The predicted octanol–water partition coefficient (Wildman–Crippen LogP) is 4.02. The van der Waals surface area contributed by atoms with Crippen LogP contribution in [0.15, 0.2) is 28.7 Å². The molecule has 2 nitrogen and oxygen atoms in total. The molecule has 0 saturated carbocycles. The third-order valence-electron chi connectivity index (χ3n) is 2.97. The van der Waals surface area contributed by atoms with E-state index >= 15 is 0 Å². The fourth-order valence-electron chi connectivity index (χ4n) is 2.04. The largest absolute Gasteiger partial charge is 0.349 e. The van der Waals surface area contributed by atoms with Gasteiger partial charge in [-0.1, -0.05) is 34.8 Å². The first-order chi connectivity index (χ1) is 8.25. The number of nitrogens with zero attached hydrogens (tertiary/aromatic N) is 1. The maximum absolute atomic E-state index is 5.46.